The third-order valence-corrected chi connectivity index (χ3v) is 3.94. The SMILES string of the molecule is CCCNc1ncnc(N2CCN(CC)CC2)c1CC. The lowest BCUT2D eigenvalue weighted by atomic mass is 10.2. The molecule has 112 valence electrons. The third kappa shape index (κ3) is 3.39. The highest BCUT2D eigenvalue weighted by Gasteiger charge is 2.20. The van der Waals surface area contributed by atoms with Crippen LogP contribution in [0, 0.1) is 0 Å². The van der Waals surface area contributed by atoms with Gasteiger partial charge in [0.25, 0.3) is 0 Å². The summed E-state index contributed by atoms with van der Waals surface area (Å²) in [5.41, 5.74) is 1.26. The molecule has 0 spiro atoms. The molecular weight excluding hydrogens is 250 g/mol. The van der Waals surface area contributed by atoms with Crippen LogP contribution in [0.15, 0.2) is 6.33 Å². The Hall–Kier alpha value is -1.36. The molecule has 0 amide bonds. The Morgan fingerprint density at radius 1 is 1.10 bits per heavy atom. The molecule has 0 radical (unpaired) electrons. The molecule has 0 aliphatic carbocycles. The number of hydrogen-bond acceptors (Lipinski definition) is 5. The van der Waals surface area contributed by atoms with Crippen LogP contribution in [0.2, 0.25) is 0 Å². The third-order valence-electron chi connectivity index (χ3n) is 3.94. The highest BCUT2D eigenvalue weighted by Crippen LogP contribution is 2.24. The summed E-state index contributed by atoms with van der Waals surface area (Å²) >= 11 is 0. The van der Waals surface area contributed by atoms with E-state index in [1.807, 2.05) is 0 Å². The minimum atomic E-state index is 0.965. The molecule has 1 saturated heterocycles. The first kappa shape index (κ1) is 15.0. The van der Waals surface area contributed by atoms with Gasteiger partial charge in [-0.25, -0.2) is 9.97 Å². The number of aromatic nitrogens is 2. The number of rotatable bonds is 6. The highest BCUT2D eigenvalue weighted by atomic mass is 15.3. The minimum Gasteiger partial charge on any atom is -0.370 e. The fraction of sp³-hybridized carbons (Fsp3) is 0.733. The predicted molar refractivity (Wildman–Crippen MR) is 84.5 cm³/mol. The molecule has 1 fully saturated rings. The Bertz CT molecular complexity index is 413. The summed E-state index contributed by atoms with van der Waals surface area (Å²) in [4.78, 5) is 13.9. The zero-order chi connectivity index (χ0) is 14.4. The number of likely N-dealkylation sites (N-methyl/N-ethyl adjacent to an activating group) is 1. The molecule has 0 unspecified atom stereocenters. The second kappa shape index (κ2) is 7.43. The summed E-state index contributed by atoms with van der Waals surface area (Å²) < 4.78 is 0. The normalized spacial score (nSPS) is 16.4. The molecule has 0 bridgehead atoms. The Labute approximate surface area is 122 Å². The van der Waals surface area contributed by atoms with Crippen LogP contribution in [-0.2, 0) is 6.42 Å². The standard InChI is InChI=1S/C15H27N5/c1-4-7-16-14-13(5-2)15(18-12-17-14)20-10-8-19(6-3)9-11-20/h12H,4-11H2,1-3H3,(H,16,17,18). The zero-order valence-electron chi connectivity index (χ0n) is 13.0. The van der Waals surface area contributed by atoms with Crippen LogP contribution < -0.4 is 10.2 Å². The van der Waals surface area contributed by atoms with Gasteiger partial charge < -0.3 is 15.1 Å². The van der Waals surface area contributed by atoms with E-state index in [-0.39, 0.29) is 0 Å². The summed E-state index contributed by atoms with van der Waals surface area (Å²) in [6, 6.07) is 0. The maximum Gasteiger partial charge on any atom is 0.137 e. The van der Waals surface area contributed by atoms with Gasteiger partial charge in [0.2, 0.25) is 0 Å². The first-order chi connectivity index (χ1) is 9.80. The summed E-state index contributed by atoms with van der Waals surface area (Å²) in [5.74, 6) is 2.13. The van der Waals surface area contributed by atoms with E-state index in [1.54, 1.807) is 6.33 Å². The summed E-state index contributed by atoms with van der Waals surface area (Å²) in [6.45, 7) is 13.1. The van der Waals surface area contributed by atoms with Gasteiger partial charge in [0, 0.05) is 38.3 Å². The Balaban J connectivity index is 2.14. The molecule has 5 nitrogen and oxygen atoms in total. The van der Waals surface area contributed by atoms with Gasteiger partial charge in [0.15, 0.2) is 0 Å². The van der Waals surface area contributed by atoms with Crippen LogP contribution in [-0.4, -0.2) is 54.1 Å². The van der Waals surface area contributed by atoms with E-state index in [2.05, 4.69) is 45.9 Å². The van der Waals surface area contributed by atoms with Crippen molar-refractivity contribution in [3.63, 3.8) is 0 Å². The van der Waals surface area contributed by atoms with Crippen LogP contribution >= 0.6 is 0 Å². The summed E-state index contributed by atoms with van der Waals surface area (Å²) in [6.07, 6.45) is 3.77. The van der Waals surface area contributed by atoms with E-state index in [9.17, 15) is 0 Å². The molecule has 2 heterocycles. The molecule has 5 heteroatoms. The number of anilines is 2. The average molecular weight is 277 g/mol. The molecule has 2 rings (SSSR count). The van der Waals surface area contributed by atoms with Crippen LogP contribution in [0.5, 0.6) is 0 Å². The van der Waals surface area contributed by atoms with Crippen LogP contribution in [0.4, 0.5) is 11.6 Å². The summed E-state index contributed by atoms with van der Waals surface area (Å²) in [5, 5.41) is 3.43. The molecule has 20 heavy (non-hydrogen) atoms. The average Bonchev–Trinajstić information content (AvgIpc) is 2.52. The summed E-state index contributed by atoms with van der Waals surface area (Å²) in [7, 11) is 0. The maximum atomic E-state index is 4.55. The largest absolute Gasteiger partial charge is 0.370 e. The van der Waals surface area contributed by atoms with E-state index in [0.29, 0.717) is 0 Å². The number of nitrogens with zero attached hydrogens (tertiary/aromatic N) is 4. The van der Waals surface area contributed by atoms with Gasteiger partial charge in [-0.05, 0) is 19.4 Å². The van der Waals surface area contributed by atoms with Crippen LogP contribution in [0.1, 0.15) is 32.8 Å². The van der Waals surface area contributed by atoms with Crippen LogP contribution in [0.3, 0.4) is 0 Å². The zero-order valence-corrected chi connectivity index (χ0v) is 13.0. The molecule has 1 aliphatic heterocycles. The van der Waals surface area contributed by atoms with Crippen molar-refractivity contribution in [2.24, 2.45) is 0 Å². The number of nitrogens with one attached hydrogen (secondary N) is 1. The van der Waals surface area contributed by atoms with Gasteiger partial charge in [-0.1, -0.05) is 20.8 Å². The molecule has 0 aromatic carbocycles. The van der Waals surface area contributed by atoms with Crippen molar-refractivity contribution < 1.29 is 0 Å². The number of piperazine rings is 1. The fourth-order valence-corrected chi connectivity index (χ4v) is 2.67. The van der Waals surface area contributed by atoms with E-state index < -0.39 is 0 Å². The molecule has 0 saturated carbocycles. The predicted octanol–water partition coefficient (Wildman–Crippen LogP) is 2.00. The smallest absolute Gasteiger partial charge is 0.137 e. The van der Waals surface area contributed by atoms with Crippen molar-refractivity contribution in [2.75, 3.05) is 49.5 Å². The Morgan fingerprint density at radius 3 is 2.45 bits per heavy atom. The Morgan fingerprint density at radius 2 is 1.85 bits per heavy atom. The van der Waals surface area contributed by atoms with Crippen molar-refractivity contribution in [1.82, 2.24) is 14.9 Å². The molecule has 1 aromatic rings. The minimum absolute atomic E-state index is 0.965. The lowest BCUT2D eigenvalue weighted by Crippen LogP contribution is -2.46. The van der Waals surface area contributed by atoms with Crippen molar-refractivity contribution in [3.05, 3.63) is 11.9 Å². The van der Waals surface area contributed by atoms with E-state index in [4.69, 9.17) is 0 Å². The van der Waals surface area contributed by atoms with Gasteiger partial charge in [-0.15, -0.1) is 0 Å². The van der Waals surface area contributed by atoms with Crippen molar-refractivity contribution in [2.45, 2.75) is 33.6 Å². The van der Waals surface area contributed by atoms with Crippen LogP contribution in [0.25, 0.3) is 0 Å². The monoisotopic (exact) mass is 277 g/mol. The first-order valence-electron chi connectivity index (χ1n) is 7.85. The lowest BCUT2D eigenvalue weighted by Gasteiger charge is -2.35. The highest BCUT2D eigenvalue weighted by molar-refractivity contribution is 5.59. The van der Waals surface area contributed by atoms with E-state index >= 15 is 0 Å². The van der Waals surface area contributed by atoms with Gasteiger partial charge >= 0.3 is 0 Å². The fourth-order valence-electron chi connectivity index (χ4n) is 2.67. The lowest BCUT2D eigenvalue weighted by molar-refractivity contribution is 0.270. The molecule has 0 atom stereocenters. The topological polar surface area (TPSA) is 44.3 Å². The van der Waals surface area contributed by atoms with Crippen molar-refractivity contribution in [1.29, 1.82) is 0 Å². The van der Waals surface area contributed by atoms with Gasteiger partial charge in [0.1, 0.15) is 18.0 Å². The molecule has 1 aromatic heterocycles. The second-order valence-corrected chi connectivity index (χ2v) is 5.23. The quantitative estimate of drug-likeness (QED) is 0.861. The van der Waals surface area contributed by atoms with Gasteiger partial charge in [-0.3, -0.25) is 0 Å². The second-order valence-electron chi connectivity index (χ2n) is 5.23. The molecule has 1 N–H and O–H groups in total. The molecule has 1 aliphatic rings. The Kier molecular flexibility index (Phi) is 5.59. The van der Waals surface area contributed by atoms with Gasteiger partial charge in [-0.2, -0.15) is 0 Å². The molecular formula is C15H27N5. The van der Waals surface area contributed by atoms with Crippen molar-refractivity contribution in [3.8, 4) is 0 Å². The van der Waals surface area contributed by atoms with E-state index in [1.165, 1.54) is 5.56 Å². The van der Waals surface area contributed by atoms with E-state index in [0.717, 1.165) is 63.7 Å². The number of hydrogen-bond donors (Lipinski definition) is 1. The van der Waals surface area contributed by atoms with Crippen molar-refractivity contribution >= 4 is 11.6 Å². The van der Waals surface area contributed by atoms with Gasteiger partial charge in [0.05, 0.1) is 0 Å². The first-order valence-corrected chi connectivity index (χ1v) is 7.85. The maximum absolute atomic E-state index is 4.55.